The molecule has 8 heteroatoms. The van der Waals surface area contributed by atoms with Crippen LogP contribution in [0.1, 0.15) is 54.1 Å². The van der Waals surface area contributed by atoms with E-state index in [0.717, 1.165) is 47.1 Å². The average molecular weight is 504 g/mol. The number of fused-ring (bicyclic) bond motifs is 1. The third-order valence-electron chi connectivity index (χ3n) is 6.85. The van der Waals surface area contributed by atoms with Crippen molar-refractivity contribution < 1.29 is 18.7 Å². The van der Waals surface area contributed by atoms with Gasteiger partial charge in [0.15, 0.2) is 0 Å². The molecule has 4 aromatic rings. The van der Waals surface area contributed by atoms with Gasteiger partial charge < -0.3 is 23.8 Å². The Morgan fingerprint density at radius 3 is 2.75 bits per heavy atom. The molecule has 0 bridgehead atoms. The van der Waals surface area contributed by atoms with E-state index in [0.29, 0.717) is 28.7 Å². The van der Waals surface area contributed by atoms with Gasteiger partial charge in [0.2, 0.25) is 0 Å². The maximum absolute atomic E-state index is 13.1. The molecule has 0 aliphatic heterocycles. The lowest BCUT2D eigenvalue weighted by Crippen LogP contribution is -2.37. The van der Waals surface area contributed by atoms with E-state index < -0.39 is 6.04 Å². The number of aromatic nitrogens is 2. The number of methoxy groups -OCH3 is 1. The molecular weight excluding hydrogens is 474 g/mol. The number of thiol groups is 1. The molecule has 2 aromatic carbocycles. The van der Waals surface area contributed by atoms with Gasteiger partial charge in [0.25, 0.3) is 5.91 Å². The normalized spacial score (nSPS) is 15.1. The van der Waals surface area contributed by atoms with Crippen molar-refractivity contribution in [3.05, 3.63) is 66.1 Å². The summed E-state index contributed by atoms with van der Waals surface area (Å²) in [6.45, 7) is 0. The molecule has 1 atom stereocenters. The van der Waals surface area contributed by atoms with Crippen LogP contribution in [0.25, 0.3) is 22.4 Å². The number of hydrogen-bond donors (Lipinski definition) is 2. The number of nitrogens with one attached hydrogen (secondary N) is 1. The minimum atomic E-state index is -0.671. The van der Waals surface area contributed by atoms with E-state index in [1.807, 2.05) is 24.3 Å². The smallest absolute Gasteiger partial charge is 0.251 e. The van der Waals surface area contributed by atoms with Crippen LogP contribution in [0.15, 0.2) is 64.3 Å². The fourth-order valence-corrected chi connectivity index (χ4v) is 5.38. The summed E-state index contributed by atoms with van der Waals surface area (Å²) >= 11 is 4.42. The first-order valence-electron chi connectivity index (χ1n) is 12.2. The summed E-state index contributed by atoms with van der Waals surface area (Å²) < 4.78 is 12.9. The average Bonchev–Trinajstić information content (AvgIpc) is 3.56. The number of aldehydes is 1. The highest BCUT2D eigenvalue weighted by atomic mass is 32.1. The van der Waals surface area contributed by atoms with Gasteiger partial charge in [0.1, 0.15) is 24.1 Å². The van der Waals surface area contributed by atoms with Crippen LogP contribution in [0.4, 0.5) is 0 Å². The maximum Gasteiger partial charge on any atom is 0.251 e. The van der Waals surface area contributed by atoms with Crippen molar-refractivity contribution in [3.8, 4) is 17.1 Å². The molecular formula is C28H29N3O4S. The molecule has 186 valence electrons. The van der Waals surface area contributed by atoms with Crippen molar-refractivity contribution in [2.75, 3.05) is 7.11 Å². The minimum Gasteiger partial charge on any atom is -0.496 e. The fourth-order valence-electron chi connectivity index (χ4n) is 5.05. The zero-order chi connectivity index (χ0) is 25.1. The van der Waals surface area contributed by atoms with Crippen molar-refractivity contribution in [1.82, 2.24) is 14.9 Å². The molecule has 1 aliphatic rings. The van der Waals surface area contributed by atoms with Crippen molar-refractivity contribution in [3.63, 3.8) is 0 Å². The van der Waals surface area contributed by atoms with E-state index in [-0.39, 0.29) is 5.91 Å². The van der Waals surface area contributed by atoms with Crippen molar-refractivity contribution in [2.24, 2.45) is 0 Å². The molecule has 0 radical (unpaired) electrons. The molecule has 2 aromatic heterocycles. The Bertz CT molecular complexity index is 1370. The van der Waals surface area contributed by atoms with E-state index in [1.54, 1.807) is 37.8 Å². The summed E-state index contributed by atoms with van der Waals surface area (Å²) in [6.07, 6.45) is 10.4. The van der Waals surface area contributed by atoms with Crippen molar-refractivity contribution in [1.29, 1.82) is 0 Å². The lowest BCUT2D eigenvalue weighted by Gasteiger charge is -2.25. The molecule has 7 nitrogen and oxygen atoms in total. The summed E-state index contributed by atoms with van der Waals surface area (Å²) in [5.74, 6) is 1.20. The summed E-state index contributed by atoms with van der Waals surface area (Å²) in [5.41, 5.74) is 4.02. The maximum atomic E-state index is 13.1. The number of hydrogen-bond acceptors (Lipinski definition) is 6. The van der Waals surface area contributed by atoms with Gasteiger partial charge in [-0.05, 0) is 61.2 Å². The third kappa shape index (κ3) is 4.91. The second-order valence-electron chi connectivity index (χ2n) is 9.24. The standard InChI is InChI=1S/C28H29N3O4S/c1-34-25-10-7-18(14-26(25)36)13-21(16-32)29-28(33)19-8-9-24-23(15-19)30-27(20-11-12-35-17-20)31(24)22-5-3-2-4-6-22/h7-12,14-17,21-22,36H,2-6,13H2,1H3,(H,29,33). The molecule has 2 heterocycles. The van der Waals surface area contributed by atoms with Gasteiger partial charge in [-0.1, -0.05) is 25.3 Å². The predicted octanol–water partition coefficient (Wildman–Crippen LogP) is 5.64. The number of amides is 1. The number of rotatable bonds is 8. The highest BCUT2D eigenvalue weighted by Crippen LogP contribution is 2.36. The predicted molar refractivity (Wildman–Crippen MR) is 141 cm³/mol. The van der Waals surface area contributed by atoms with Crippen molar-refractivity contribution in [2.45, 2.75) is 55.5 Å². The van der Waals surface area contributed by atoms with E-state index in [9.17, 15) is 9.59 Å². The Balaban J connectivity index is 1.40. The number of carbonyl (C=O) groups is 2. The first kappa shape index (κ1) is 24.2. The van der Waals surface area contributed by atoms with Crippen molar-refractivity contribution >= 4 is 35.9 Å². The summed E-state index contributed by atoms with van der Waals surface area (Å²) in [6, 6.07) is 12.7. The third-order valence-corrected chi connectivity index (χ3v) is 7.20. The first-order chi connectivity index (χ1) is 17.6. The van der Waals surface area contributed by atoms with E-state index in [1.165, 1.54) is 19.3 Å². The topological polar surface area (TPSA) is 86.4 Å². The molecule has 1 N–H and O–H groups in total. The van der Waals surface area contributed by atoms with Crippen LogP contribution >= 0.6 is 12.6 Å². The molecule has 0 spiro atoms. The number of benzene rings is 2. The van der Waals surface area contributed by atoms with Crippen LogP contribution in [0.3, 0.4) is 0 Å². The van der Waals surface area contributed by atoms with Gasteiger partial charge in [-0.2, -0.15) is 0 Å². The van der Waals surface area contributed by atoms with Crippen LogP contribution in [0.2, 0.25) is 0 Å². The minimum absolute atomic E-state index is 0.314. The number of nitrogens with zero attached hydrogens (tertiary/aromatic N) is 2. The molecule has 36 heavy (non-hydrogen) atoms. The summed E-state index contributed by atoms with van der Waals surface area (Å²) in [5, 5.41) is 2.84. The van der Waals surface area contributed by atoms with Gasteiger partial charge in [0.05, 0.1) is 36.0 Å². The Morgan fingerprint density at radius 2 is 2.06 bits per heavy atom. The van der Waals surface area contributed by atoms with Crippen LogP contribution in [0.5, 0.6) is 5.75 Å². The van der Waals surface area contributed by atoms with Gasteiger partial charge >= 0.3 is 0 Å². The monoisotopic (exact) mass is 503 g/mol. The van der Waals surface area contributed by atoms with Crippen LogP contribution in [0, 0.1) is 0 Å². The Kier molecular flexibility index (Phi) is 7.13. The molecule has 5 rings (SSSR count). The number of imidazole rings is 1. The number of ether oxygens (including phenoxy) is 1. The zero-order valence-corrected chi connectivity index (χ0v) is 21.0. The van der Waals surface area contributed by atoms with Gasteiger partial charge in [0, 0.05) is 16.5 Å². The SMILES string of the molecule is COc1ccc(CC(C=O)NC(=O)c2ccc3c(c2)nc(-c2ccoc2)n3C2CCCCC2)cc1S. The Labute approximate surface area is 215 Å². The Hall–Kier alpha value is -3.52. The van der Waals surface area contributed by atoms with E-state index in [2.05, 4.69) is 22.5 Å². The van der Waals surface area contributed by atoms with Crippen LogP contribution < -0.4 is 10.1 Å². The Morgan fingerprint density at radius 1 is 1.22 bits per heavy atom. The second-order valence-corrected chi connectivity index (χ2v) is 9.72. The highest BCUT2D eigenvalue weighted by Gasteiger charge is 2.24. The zero-order valence-electron chi connectivity index (χ0n) is 20.1. The van der Waals surface area contributed by atoms with Gasteiger partial charge in [-0.15, -0.1) is 12.6 Å². The lowest BCUT2D eigenvalue weighted by atomic mass is 9.95. The van der Waals surface area contributed by atoms with E-state index in [4.69, 9.17) is 14.1 Å². The molecule has 1 unspecified atom stereocenters. The molecule has 1 saturated carbocycles. The van der Waals surface area contributed by atoms with Gasteiger partial charge in [-0.25, -0.2) is 4.98 Å². The van der Waals surface area contributed by atoms with E-state index >= 15 is 0 Å². The summed E-state index contributed by atoms with van der Waals surface area (Å²) in [4.78, 5) is 30.4. The molecule has 1 aliphatic carbocycles. The molecule has 1 fully saturated rings. The first-order valence-corrected chi connectivity index (χ1v) is 12.7. The largest absolute Gasteiger partial charge is 0.496 e. The number of furan rings is 1. The highest BCUT2D eigenvalue weighted by molar-refractivity contribution is 7.80. The lowest BCUT2D eigenvalue weighted by molar-refractivity contribution is -0.109. The quantitative estimate of drug-likeness (QED) is 0.240. The van der Waals surface area contributed by atoms with Crippen LogP contribution in [-0.4, -0.2) is 34.9 Å². The molecule has 0 saturated heterocycles. The van der Waals surface area contributed by atoms with Gasteiger partial charge in [-0.3, -0.25) is 4.79 Å². The fraction of sp³-hybridized carbons (Fsp3) is 0.321. The molecule has 1 amide bonds. The summed E-state index contributed by atoms with van der Waals surface area (Å²) in [7, 11) is 1.58. The second kappa shape index (κ2) is 10.6. The van der Waals surface area contributed by atoms with Crippen LogP contribution in [-0.2, 0) is 11.2 Å². The number of carbonyl (C=O) groups excluding carboxylic acids is 2.